The molecule has 0 rings (SSSR count). The zero-order valence-electron chi connectivity index (χ0n) is 8.93. The van der Waals surface area contributed by atoms with Crippen molar-refractivity contribution in [2.75, 3.05) is 0 Å². The molecule has 0 saturated heterocycles. The van der Waals surface area contributed by atoms with Gasteiger partial charge in [0.1, 0.15) is 0 Å². The summed E-state index contributed by atoms with van der Waals surface area (Å²) in [6.07, 6.45) is 12.2. The molecule has 0 aliphatic heterocycles. The Kier molecular flexibility index (Phi) is 10.5. The van der Waals surface area contributed by atoms with Crippen LogP contribution in [0.1, 0.15) is 57.8 Å². The first-order chi connectivity index (χ1) is 6.77. The smallest absolute Gasteiger partial charge is 0.221 e. The highest BCUT2D eigenvalue weighted by Gasteiger charge is 1.95. The average molecular weight is 217 g/mol. The van der Waals surface area contributed by atoms with E-state index in [1.807, 2.05) is 6.08 Å². The van der Waals surface area contributed by atoms with Gasteiger partial charge in [-0.15, -0.1) is 6.58 Å². The van der Waals surface area contributed by atoms with Gasteiger partial charge in [-0.05, 0) is 30.9 Å². The largest absolute Gasteiger partial charge is 0.281 e. The Morgan fingerprint density at radius 3 is 2.00 bits per heavy atom. The summed E-state index contributed by atoms with van der Waals surface area (Å²) in [5.74, 6) is 0. The second-order valence-corrected chi connectivity index (χ2v) is 4.08. The van der Waals surface area contributed by atoms with Crippen LogP contribution in [0.3, 0.4) is 0 Å². The lowest BCUT2D eigenvalue weighted by molar-refractivity contribution is -0.111. The Labute approximate surface area is 92.5 Å². The summed E-state index contributed by atoms with van der Waals surface area (Å²) in [5, 5.41) is -0.198. The van der Waals surface area contributed by atoms with E-state index in [0.717, 1.165) is 19.3 Å². The number of hydrogen-bond donors (Lipinski definition) is 0. The van der Waals surface area contributed by atoms with Crippen LogP contribution in [0.2, 0.25) is 0 Å². The van der Waals surface area contributed by atoms with E-state index in [1.54, 1.807) is 0 Å². The first-order valence-corrected chi connectivity index (χ1v) is 5.94. The quantitative estimate of drug-likeness (QED) is 0.300. The molecule has 0 heterocycles. The molecule has 0 aliphatic rings. The third-order valence-corrected chi connectivity index (χ3v) is 2.47. The Hall–Kier alpha value is -0.300. The minimum atomic E-state index is -0.198. The molecular formula is C12H21ClO. The van der Waals surface area contributed by atoms with Crippen LogP contribution < -0.4 is 0 Å². The van der Waals surface area contributed by atoms with Crippen LogP contribution in [0.5, 0.6) is 0 Å². The molecule has 0 aromatic carbocycles. The Balaban J connectivity index is 2.92. The lowest BCUT2D eigenvalue weighted by atomic mass is 10.1. The highest BCUT2D eigenvalue weighted by Crippen LogP contribution is 2.10. The zero-order chi connectivity index (χ0) is 10.6. The van der Waals surface area contributed by atoms with Gasteiger partial charge in [0.25, 0.3) is 0 Å². The summed E-state index contributed by atoms with van der Waals surface area (Å²) in [5.41, 5.74) is 0. The van der Waals surface area contributed by atoms with Crippen molar-refractivity contribution in [2.45, 2.75) is 57.8 Å². The lowest BCUT2D eigenvalue weighted by Gasteiger charge is -1.99. The summed E-state index contributed by atoms with van der Waals surface area (Å²) < 4.78 is 0. The molecule has 14 heavy (non-hydrogen) atoms. The van der Waals surface area contributed by atoms with Crippen molar-refractivity contribution < 1.29 is 4.79 Å². The fraction of sp³-hybridized carbons (Fsp3) is 0.750. The molecule has 1 nitrogen and oxygen atoms in total. The molecule has 0 aliphatic carbocycles. The van der Waals surface area contributed by atoms with Crippen molar-refractivity contribution in [3.8, 4) is 0 Å². The predicted molar refractivity (Wildman–Crippen MR) is 62.6 cm³/mol. The highest BCUT2D eigenvalue weighted by atomic mass is 35.5. The van der Waals surface area contributed by atoms with E-state index in [2.05, 4.69) is 6.58 Å². The topological polar surface area (TPSA) is 17.1 Å². The summed E-state index contributed by atoms with van der Waals surface area (Å²) >= 11 is 5.23. The van der Waals surface area contributed by atoms with Crippen molar-refractivity contribution >= 4 is 16.8 Å². The predicted octanol–water partition coefficient (Wildman–Crippen LogP) is 4.45. The first-order valence-electron chi connectivity index (χ1n) is 5.56. The maximum atomic E-state index is 10.4. The molecule has 0 N–H and O–H groups in total. The standard InChI is InChI=1S/C12H21ClO/c1-2-3-4-5-6-7-8-9-10-11-12(13)14/h2H,1,3-11H2. The number of halogens is 1. The molecule has 0 aromatic heterocycles. The Morgan fingerprint density at radius 1 is 1.00 bits per heavy atom. The molecule has 0 amide bonds. The van der Waals surface area contributed by atoms with E-state index in [4.69, 9.17) is 11.6 Å². The number of hydrogen-bond acceptors (Lipinski definition) is 1. The normalized spacial score (nSPS) is 10.1. The Morgan fingerprint density at radius 2 is 1.50 bits per heavy atom. The second kappa shape index (κ2) is 10.8. The SMILES string of the molecule is C=CCCCCCCCCCC(=O)Cl. The van der Waals surface area contributed by atoms with Crippen molar-refractivity contribution in [1.82, 2.24) is 0 Å². The van der Waals surface area contributed by atoms with Crippen LogP contribution in [0.25, 0.3) is 0 Å². The molecule has 0 aromatic rings. The third-order valence-electron chi connectivity index (χ3n) is 2.28. The van der Waals surface area contributed by atoms with Crippen LogP contribution in [-0.4, -0.2) is 5.24 Å². The van der Waals surface area contributed by atoms with Crippen LogP contribution in [0, 0.1) is 0 Å². The van der Waals surface area contributed by atoms with E-state index >= 15 is 0 Å². The average Bonchev–Trinajstić information content (AvgIpc) is 2.15. The number of allylic oxidation sites excluding steroid dienone is 1. The van der Waals surface area contributed by atoms with Crippen molar-refractivity contribution in [3.63, 3.8) is 0 Å². The lowest BCUT2D eigenvalue weighted by Crippen LogP contribution is -1.86. The van der Waals surface area contributed by atoms with Crippen LogP contribution in [0.15, 0.2) is 12.7 Å². The summed E-state index contributed by atoms with van der Waals surface area (Å²) in [6.45, 7) is 3.69. The van der Waals surface area contributed by atoms with Crippen LogP contribution in [-0.2, 0) is 4.79 Å². The molecule has 0 bridgehead atoms. The molecular weight excluding hydrogens is 196 g/mol. The van der Waals surface area contributed by atoms with Crippen molar-refractivity contribution in [2.24, 2.45) is 0 Å². The van der Waals surface area contributed by atoms with E-state index in [-0.39, 0.29) is 5.24 Å². The van der Waals surface area contributed by atoms with Gasteiger partial charge in [-0.3, -0.25) is 4.79 Å². The zero-order valence-corrected chi connectivity index (χ0v) is 9.69. The van der Waals surface area contributed by atoms with Gasteiger partial charge in [-0.1, -0.05) is 38.2 Å². The maximum absolute atomic E-state index is 10.4. The highest BCUT2D eigenvalue weighted by molar-refractivity contribution is 6.63. The van der Waals surface area contributed by atoms with Gasteiger partial charge in [0.2, 0.25) is 5.24 Å². The second-order valence-electron chi connectivity index (χ2n) is 3.66. The van der Waals surface area contributed by atoms with Crippen molar-refractivity contribution in [1.29, 1.82) is 0 Å². The molecule has 2 heteroatoms. The maximum Gasteiger partial charge on any atom is 0.221 e. The minimum Gasteiger partial charge on any atom is -0.281 e. The fourth-order valence-electron chi connectivity index (χ4n) is 1.44. The Bertz CT molecular complexity index is 154. The molecule has 0 atom stereocenters. The van der Waals surface area contributed by atoms with Gasteiger partial charge >= 0.3 is 0 Å². The number of rotatable bonds is 10. The molecule has 0 fully saturated rings. The summed E-state index contributed by atoms with van der Waals surface area (Å²) in [6, 6.07) is 0. The summed E-state index contributed by atoms with van der Waals surface area (Å²) in [4.78, 5) is 10.4. The van der Waals surface area contributed by atoms with Crippen LogP contribution in [0.4, 0.5) is 0 Å². The monoisotopic (exact) mass is 216 g/mol. The van der Waals surface area contributed by atoms with Gasteiger partial charge in [0.15, 0.2) is 0 Å². The van der Waals surface area contributed by atoms with Gasteiger partial charge in [-0.25, -0.2) is 0 Å². The minimum absolute atomic E-state index is 0.198. The molecule has 0 saturated carbocycles. The first kappa shape index (κ1) is 13.7. The molecule has 0 spiro atoms. The van der Waals surface area contributed by atoms with Crippen LogP contribution >= 0.6 is 11.6 Å². The van der Waals surface area contributed by atoms with E-state index in [0.29, 0.717) is 6.42 Å². The summed E-state index contributed by atoms with van der Waals surface area (Å²) in [7, 11) is 0. The molecule has 0 radical (unpaired) electrons. The van der Waals surface area contributed by atoms with E-state index in [9.17, 15) is 4.79 Å². The van der Waals surface area contributed by atoms with E-state index in [1.165, 1.54) is 32.1 Å². The van der Waals surface area contributed by atoms with E-state index < -0.39 is 0 Å². The third kappa shape index (κ3) is 11.7. The van der Waals surface area contributed by atoms with Crippen molar-refractivity contribution in [3.05, 3.63) is 12.7 Å². The van der Waals surface area contributed by atoms with Gasteiger partial charge < -0.3 is 0 Å². The van der Waals surface area contributed by atoms with Gasteiger partial charge in [0.05, 0.1) is 0 Å². The number of unbranched alkanes of at least 4 members (excludes halogenated alkanes) is 7. The molecule has 82 valence electrons. The number of carbonyl (C=O) groups is 1. The van der Waals surface area contributed by atoms with Gasteiger partial charge in [-0.2, -0.15) is 0 Å². The molecule has 0 unspecified atom stereocenters. The van der Waals surface area contributed by atoms with Gasteiger partial charge in [0, 0.05) is 6.42 Å². The fourth-order valence-corrected chi connectivity index (χ4v) is 1.57. The number of carbonyl (C=O) groups excluding carboxylic acids is 1.